The second-order valence-corrected chi connectivity index (χ2v) is 5.82. The largest absolute Gasteiger partial charge is 0.493 e. The SMILES string of the molecule is COc1ccccc1OC(C)C(=O)NCCOc1ccc(C)cc1C. The van der Waals surface area contributed by atoms with E-state index in [9.17, 15) is 4.79 Å². The van der Waals surface area contributed by atoms with E-state index in [4.69, 9.17) is 14.2 Å². The number of benzene rings is 2. The molecule has 0 aliphatic carbocycles. The normalized spacial score (nSPS) is 11.5. The Bertz CT molecular complexity index is 715. The summed E-state index contributed by atoms with van der Waals surface area (Å²) in [6, 6.07) is 13.3. The third-order valence-corrected chi connectivity index (χ3v) is 3.73. The summed E-state index contributed by atoms with van der Waals surface area (Å²) in [5.41, 5.74) is 2.28. The highest BCUT2D eigenvalue weighted by Gasteiger charge is 2.16. The highest BCUT2D eigenvalue weighted by Crippen LogP contribution is 2.26. The summed E-state index contributed by atoms with van der Waals surface area (Å²) in [5.74, 6) is 1.77. The molecule has 1 N–H and O–H groups in total. The van der Waals surface area contributed by atoms with Crippen molar-refractivity contribution in [3.05, 3.63) is 53.6 Å². The van der Waals surface area contributed by atoms with Gasteiger partial charge in [0.1, 0.15) is 12.4 Å². The molecule has 0 saturated carbocycles. The Morgan fingerprint density at radius 1 is 1.08 bits per heavy atom. The summed E-state index contributed by atoms with van der Waals surface area (Å²) in [6.45, 7) is 6.56. The monoisotopic (exact) mass is 343 g/mol. The fourth-order valence-electron chi connectivity index (χ4n) is 2.40. The molecule has 0 radical (unpaired) electrons. The third kappa shape index (κ3) is 5.41. The summed E-state index contributed by atoms with van der Waals surface area (Å²) in [5, 5.41) is 2.81. The predicted octanol–water partition coefficient (Wildman–Crippen LogP) is 3.27. The topological polar surface area (TPSA) is 56.8 Å². The number of carbonyl (C=O) groups is 1. The Kier molecular flexibility index (Phi) is 6.69. The van der Waals surface area contributed by atoms with Gasteiger partial charge in [-0.3, -0.25) is 4.79 Å². The zero-order valence-electron chi connectivity index (χ0n) is 15.2. The van der Waals surface area contributed by atoms with E-state index >= 15 is 0 Å². The average molecular weight is 343 g/mol. The molecular formula is C20H25NO4. The van der Waals surface area contributed by atoms with E-state index < -0.39 is 6.10 Å². The first-order valence-electron chi connectivity index (χ1n) is 8.28. The second-order valence-electron chi connectivity index (χ2n) is 5.82. The molecule has 0 bridgehead atoms. The van der Waals surface area contributed by atoms with Crippen molar-refractivity contribution < 1.29 is 19.0 Å². The zero-order valence-corrected chi connectivity index (χ0v) is 15.2. The van der Waals surface area contributed by atoms with Crippen molar-refractivity contribution in [3.8, 4) is 17.2 Å². The van der Waals surface area contributed by atoms with Crippen molar-refractivity contribution in [3.63, 3.8) is 0 Å². The minimum absolute atomic E-state index is 0.199. The Morgan fingerprint density at radius 2 is 1.80 bits per heavy atom. The molecule has 0 fully saturated rings. The molecule has 0 aliphatic heterocycles. The standard InChI is InChI=1S/C20H25NO4/c1-14-9-10-17(15(2)13-14)24-12-11-21-20(22)16(3)25-19-8-6-5-7-18(19)23-4/h5-10,13,16H,11-12H2,1-4H3,(H,21,22). The van der Waals surface area contributed by atoms with Gasteiger partial charge in [0.05, 0.1) is 13.7 Å². The number of amides is 1. The Labute approximate surface area is 148 Å². The number of para-hydroxylation sites is 2. The van der Waals surface area contributed by atoms with Gasteiger partial charge in [-0.2, -0.15) is 0 Å². The number of rotatable bonds is 8. The van der Waals surface area contributed by atoms with Crippen LogP contribution in [0.15, 0.2) is 42.5 Å². The molecule has 1 atom stereocenters. The number of aryl methyl sites for hydroxylation is 2. The maximum absolute atomic E-state index is 12.1. The van der Waals surface area contributed by atoms with Crippen LogP contribution in [-0.2, 0) is 4.79 Å². The van der Waals surface area contributed by atoms with Gasteiger partial charge in [-0.1, -0.05) is 29.8 Å². The fraction of sp³-hybridized carbons (Fsp3) is 0.350. The average Bonchev–Trinajstić information content (AvgIpc) is 2.60. The number of hydrogen-bond acceptors (Lipinski definition) is 4. The number of nitrogens with one attached hydrogen (secondary N) is 1. The summed E-state index contributed by atoms with van der Waals surface area (Å²) in [7, 11) is 1.57. The van der Waals surface area contributed by atoms with Gasteiger partial charge in [0, 0.05) is 0 Å². The summed E-state index contributed by atoms with van der Waals surface area (Å²) in [6.07, 6.45) is -0.627. The molecule has 5 heteroatoms. The molecule has 0 spiro atoms. The van der Waals surface area contributed by atoms with Crippen LogP contribution < -0.4 is 19.5 Å². The van der Waals surface area contributed by atoms with Crippen molar-refractivity contribution in [2.45, 2.75) is 26.9 Å². The summed E-state index contributed by atoms with van der Waals surface area (Å²) in [4.78, 5) is 12.1. The first-order valence-corrected chi connectivity index (χ1v) is 8.28. The van der Waals surface area contributed by atoms with Gasteiger partial charge in [0.25, 0.3) is 5.91 Å². The molecule has 0 aromatic heterocycles. The van der Waals surface area contributed by atoms with Crippen LogP contribution in [0.3, 0.4) is 0 Å². The van der Waals surface area contributed by atoms with Crippen LogP contribution >= 0.6 is 0 Å². The second kappa shape index (κ2) is 8.97. The number of carbonyl (C=O) groups excluding carboxylic acids is 1. The third-order valence-electron chi connectivity index (χ3n) is 3.73. The van der Waals surface area contributed by atoms with E-state index in [0.717, 1.165) is 11.3 Å². The van der Waals surface area contributed by atoms with Crippen LogP contribution in [0, 0.1) is 13.8 Å². The Morgan fingerprint density at radius 3 is 2.48 bits per heavy atom. The molecule has 1 unspecified atom stereocenters. The number of methoxy groups -OCH3 is 1. The molecular weight excluding hydrogens is 318 g/mol. The fourth-order valence-corrected chi connectivity index (χ4v) is 2.40. The van der Waals surface area contributed by atoms with Gasteiger partial charge in [-0.15, -0.1) is 0 Å². The van der Waals surface area contributed by atoms with Crippen LogP contribution in [0.25, 0.3) is 0 Å². The van der Waals surface area contributed by atoms with Gasteiger partial charge in [-0.05, 0) is 44.5 Å². The van der Waals surface area contributed by atoms with Gasteiger partial charge in [0.15, 0.2) is 17.6 Å². The van der Waals surface area contributed by atoms with Crippen molar-refractivity contribution >= 4 is 5.91 Å². The zero-order chi connectivity index (χ0) is 18.2. The van der Waals surface area contributed by atoms with Crippen LogP contribution in [0.2, 0.25) is 0 Å². The first kappa shape index (κ1) is 18.6. The number of ether oxygens (including phenoxy) is 3. The quantitative estimate of drug-likeness (QED) is 0.748. The summed E-state index contributed by atoms with van der Waals surface area (Å²) >= 11 is 0. The lowest BCUT2D eigenvalue weighted by atomic mass is 10.1. The van der Waals surface area contributed by atoms with E-state index in [-0.39, 0.29) is 5.91 Å². The molecule has 1 amide bonds. The van der Waals surface area contributed by atoms with Crippen LogP contribution in [0.1, 0.15) is 18.1 Å². The molecule has 134 valence electrons. The van der Waals surface area contributed by atoms with E-state index in [1.54, 1.807) is 26.2 Å². The van der Waals surface area contributed by atoms with Gasteiger partial charge < -0.3 is 19.5 Å². The van der Waals surface area contributed by atoms with Crippen LogP contribution in [-0.4, -0.2) is 32.3 Å². The van der Waals surface area contributed by atoms with E-state index in [1.807, 2.05) is 38.1 Å². The molecule has 5 nitrogen and oxygen atoms in total. The number of hydrogen-bond donors (Lipinski definition) is 1. The lowest BCUT2D eigenvalue weighted by Gasteiger charge is -2.17. The van der Waals surface area contributed by atoms with Crippen molar-refractivity contribution in [1.29, 1.82) is 0 Å². The lowest BCUT2D eigenvalue weighted by Crippen LogP contribution is -2.38. The van der Waals surface area contributed by atoms with E-state index in [0.29, 0.717) is 24.7 Å². The minimum Gasteiger partial charge on any atom is -0.493 e. The Hall–Kier alpha value is -2.69. The smallest absolute Gasteiger partial charge is 0.260 e. The maximum atomic E-state index is 12.1. The molecule has 0 heterocycles. The van der Waals surface area contributed by atoms with Gasteiger partial charge >= 0.3 is 0 Å². The van der Waals surface area contributed by atoms with Crippen molar-refractivity contribution in [1.82, 2.24) is 5.32 Å². The first-order chi connectivity index (χ1) is 12.0. The van der Waals surface area contributed by atoms with Crippen molar-refractivity contribution in [2.24, 2.45) is 0 Å². The highest BCUT2D eigenvalue weighted by molar-refractivity contribution is 5.80. The Balaban J connectivity index is 1.77. The molecule has 25 heavy (non-hydrogen) atoms. The van der Waals surface area contributed by atoms with Gasteiger partial charge in [0.2, 0.25) is 0 Å². The molecule has 2 aromatic carbocycles. The van der Waals surface area contributed by atoms with Crippen molar-refractivity contribution in [2.75, 3.05) is 20.3 Å². The lowest BCUT2D eigenvalue weighted by molar-refractivity contribution is -0.127. The highest BCUT2D eigenvalue weighted by atomic mass is 16.5. The van der Waals surface area contributed by atoms with E-state index in [1.165, 1.54) is 5.56 Å². The van der Waals surface area contributed by atoms with Crippen LogP contribution in [0.4, 0.5) is 0 Å². The van der Waals surface area contributed by atoms with E-state index in [2.05, 4.69) is 11.4 Å². The molecule has 2 aromatic rings. The minimum atomic E-state index is -0.627. The molecule has 0 aliphatic rings. The van der Waals surface area contributed by atoms with Gasteiger partial charge in [-0.25, -0.2) is 0 Å². The molecule has 0 saturated heterocycles. The maximum Gasteiger partial charge on any atom is 0.260 e. The molecule has 2 rings (SSSR count). The summed E-state index contributed by atoms with van der Waals surface area (Å²) < 4.78 is 16.6. The van der Waals surface area contributed by atoms with Crippen LogP contribution in [0.5, 0.6) is 17.2 Å². The predicted molar refractivity (Wildman–Crippen MR) is 97.5 cm³/mol.